The molecule has 164 valence electrons. The molecular formula is C21H25N5O4S. The summed E-state index contributed by atoms with van der Waals surface area (Å²) in [5.74, 6) is 1.06. The zero-order valence-electron chi connectivity index (χ0n) is 17.6. The third-order valence-corrected chi connectivity index (χ3v) is 6.98. The summed E-state index contributed by atoms with van der Waals surface area (Å²) in [6.45, 7) is 3.46. The lowest BCUT2D eigenvalue weighted by Crippen LogP contribution is -2.36. The number of hydrogen-bond acceptors (Lipinski definition) is 7. The van der Waals surface area contributed by atoms with Crippen LogP contribution in [0.3, 0.4) is 0 Å². The van der Waals surface area contributed by atoms with Gasteiger partial charge in [0.05, 0.1) is 17.7 Å². The van der Waals surface area contributed by atoms with Crippen LogP contribution in [0.1, 0.15) is 30.3 Å². The molecule has 2 aromatic heterocycles. The molecule has 0 N–H and O–H groups in total. The lowest BCUT2D eigenvalue weighted by atomic mass is 10.1. The van der Waals surface area contributed by atoms with Gasteiger partial charge >= 0.3 is 0 Å². The zero-order chi connectivity index (χ0) is 21.8. The molecule has 9 nitrogen and oxygen atoms in total. The molecule has 0 radical (unpaired) electrons. The standard InChI is InChI=1S/C21H25N5O4S/c1-3-12-29-16-4-6-17(7-5-16)31(27,28)26-11-8-20-18(14-26)19(24-25(20)2)15-30-21-13-22-9-10-23-21/h4-7,9-10,13H,3,8,11-12,14-15H2,1-2H3. The zero-order valence-corrected chi connectivity index (χ0v) is 18.4. The first-order chi connectivity index (χ1) is 15.0. The van der Waals surface area contributed by atoms with Gasteiger partial charge in [-0.05, 0) is 30.7 Å². The van der Waals surface area contributed by atoms with Gasteiger partial charge in [0.25, 0.3) is 0 Å². The van der Waals surface area contributed by atoms with Crippen LogP contribution in [0.25, 0.3) is 0 Å². The molecule has 3 heterocycles. The molecule has 0 saturated carbocycles. The van der Waals surface area contributed by atoms with Crippen molar-refractivity contribution in [3.63, 3.8) is 0 Å². The van der Waals surface area contributed by atoms with Crippen LogP contribution < -0.4 is 9.47 Å². The van der Waals surface area contributed by atoms with Crippen molar-refractivity contribution in [2.24, 2.45) is 7.05 Å². The number of sulfonamides is 1. The van der Waals surface area contributed by atoms with Crippen LogP contribution in [-0.2, 0) is 36.6 Å². The number of ether oxygens (including phenoxy) is 2. The Kier molecular flexibility index (Phi) is 6.19. The summed E-state index contributed by atoms with van der Waals surface area (Å²) in [6, 6.07) is 6.58. The molecule has 0 atom stereocenters. The minimum Gasteiger partial charge on any atom is -0.494 e. The summed E-state index contributed by atoms with van der Waals surface area (Å²) < 4.78 is 41.0. The van der Waals surface area contributed by atoms with Gasteiger partial charge in [0.1, 0.15) is 18.1 Å². The quantitative estimate of drug-likeness (QED) is 0.527. The molecule has 1 aromatic carbocycles. The number of hydrogen-bond donors (Lipinski definition) is 0. The molecule has 3 aromatic rings. The van der Waals surface area contributed by atoms with Crippen molar-refractivity contribution in [2.45, 2.75) is 37.8 Å². The van der Waals surface area contributed by atoms with E-state index in [0.717, 1.165) is 17.7 Å². The molecule has 1 aliphatic rings. The molecule has 31 heavy (non-hydrogen) atoms. The van der Waals surface area contributed by atoms with Crippen LogP contribution in [0.4, 0.5) is 0 Å². The second-order valence-electron chi connectivity index (χ2n) is 7.24. The van der Waals surface area contributed by atoms with Crippen molar-refractivity contribution in [1.29, 1.82) is 0 Å². The van der Waals surface area contributed by atoms with Crippen LogP contribution in [0, 0.1) is 0 Å². The Morgan fingerprint density at radius 2 is 1.94 bits per heavy atom. The number of aryl methyl sites for hydroxylation is 1. The highest BCUT2D eigenvalue weighted by molar-refractivity contribution is 7.89. The first kappa shape index (κ1) is 21.3. The summed E-state index contributed by atoms with van der Waals surface area (Å²) in [7, 11) is -1.77. The normalized spacial score (nSPS) is 14.3. The van der Waals surface area contributed by atoms with Gasteiger partial charge < -0.3 is 9.47 Å². The molecule has 0 bridgehead atoms. The Labute approximate surface area is 181 Å². The Morgan fingerprint density at radius 1 is 1.13 bits per heavy atom. The van der Waals surface area contributed by atoms with Gasteiger partial charge in [0.2, 0.25) is 15.9 Å². The smallest absolute Gasteiger partial charge is 0.243 e. The SMILES string of the molecule is CCCOc1ccc(S(=O)(=O)N2CCc3c(c(COc4cnccn4)nn3C)C2)cc1. The fourth-order valence-electron chi connectivity index (χ4n) is 3.55. The largest absolute Gasteiger partial charge is 0.494 e. The third-order valence-electron chi connectivity index (χ3n) is 5.12. The summed E-state index contributed by atoms with van der Waals surface area (Å²) in [6.07, 6.45) is 6.13. The van der Waals surface area contributed by atoms with Gasteiger partial charge in [-0.25, -0.2) is 13.4 Å². The van der Waals surface area contributed by atoms with E-state index in [-0.39, 0.29) is 18.0 Å². The Hall–Kier alpha value is -2.98. The molecule has 0 saturated heterocycles. The summed E-state index contributed by atoms with van der Waals surface area (Å²) in [4.78, 5) is 8.33. The molecule has 0 amide bonds. The lowest BCUT2D eigenvalue weighted by Gasteiger charge is -2.27. The van der Waals surface area contributed by atoms with Gasteiger partial charge in [-0.1, -0.05) is 6.92 Å². The number of aromatic nitrogens is 4. The molecule has 4 rings (SSSR count). The van der Waals surface area contributed by atoms with E-state index in [0.29, 0.717) is 36.9 Å². The average molecular weight is 444 g/mol. The molecule has 10 heteroatoms. The second-order valence-corrected chi connectivity index (χ2v) is 9.17. The fourth-order valence-corrected chi connectivity index (χ4v) is 4.95. The highest BCUT2D eigenvalue weighted by Gasteiger charge is 2.32. The van der Waals surface area contributed by atoms with Crippen molar-refractivity contribution in [3.8, 4) is 11.6 Å². The molecule has 0 fully saturated rings. The third kappa shape index (κ3) is 4.54. The Balaban J connectivity index is 1.52. The van der Waals surface area contributed by atoms with E-state index in [1.165, 1.54) is 10.5 Å². The van der Waals surface area contributed by atoms with Crippen LogP contribution in [0.15, 0.2) is 47.8 Å². The molecule has 0 spiro atoms. The highest BCUT2D eigenvalue weighted by atomic mass is 32.2. The highest BCUT2D eigenvalue weighted by Crippen LogP contribution is 2.28. The van der Waals surface area contributed by atoms with E-state index in [1.807, 2.05) is 14.0 Å². The second kappa shape index (κ2) is 9.03. The summed E-state index contributed by atoms with van der Waals surface area (Å²) in [5, 5.41) is 4.54. The average Bonchev–Trinajstić information content (AvgIpc) is 3.12. The first-order valence-electron chi connectivity index (χ1n) is 10.1. The van der Waals surface area contributed by atoms with Crippen molar-refractivity contribution >= 4 is 10.0 Å². The van der Waals surface area contributed by atoms with E-state index in [2.05, 4.69) is 15.1 Å². The van der Waals surface area contributed by atoms with Crippen molar-refractivity contribution < 1.29 is 17.9 Å². The van der Waals surface area contributed by atoms with E-state index in [4.69, 9.17) is 9.47 Å². The maximum absolute atomic E-state index is 13.2. The fraction of sp³-hybridized carbons (Fsp3) is 0.381. The lowest BCUT2D eigenvalue weighted by molar-refractivity contribution is 0.284. The first-order valence-corrected chi connectivity index (χ1v) is 11.6. The van der Waals surface area contributed by atoms with Crippen LogP contribution in [0.2, 0.25) is 0 Å². The van der Waals surface area contributed by atoms with Gasteiger partial charge in [0, 0.05) is 50.2 Å². The van der Waals surface area contributed by atoms with Crippen molar-refractivity contribution in [1.82, 2.24) is 24.1 Å². The molecule has 0 aliphatic carbocycles. The van der Waals surface area contributed by atoms with Gasteiger partial charge in [-0.3, -0.25) is 9.67 Å². The van der Waals surface area contributed by atoms with Crippen molar-refractivity contribution in [3.05, 3.63) is 59.8 Å². The van der Waals surface area contributed by atoms with E-state index in [9.17, 15) is 8.42 Å². The predicted octanol–water partition coefficient (Wildman–Crippen LogP) is 2.32. The molecular weight excluding hydrogens is 418 g/mol. The van der Waals surface area contributed by atoms with Crippen LogP contribution in [-0.4, -0.2) is 45.6 Å². The van der Waals surface area contributed by atoms with Gasteiger partial charge in [-0.2, -0.15) is 9.40 Å². The number of nitrogens with zero attached hydrogens (tertiary/aromatic N) is 5. The van der Waals surface area contributed by atoms with Gasteiger partial charge in [-0.15, -0.1) is 0 Å². The summed E-state index contributed by atoms with van der Waals surface area (Å²) in [5.41, 5.74) is 2.60. The number of rotatable bonds is 8. The molecule has 0 unspecified atom stereocenters. The molecule has 1 aliphatic heterocycles. The maximum atomic E-state index is 13.2. The summed E-state index contributed by atoms with van der Waals surface area (Å²) >= 11 is 0. The maximum Gasteiger partial charge on any atom is 0.243 e. The topological polar surface area (TPSA) is 99.4 Å². The Bertz CT molecular complexity index is 1130. The minimum atomic E-state index is -3.64. The predicted molar refractivity (Wildman–Crippen MR) is 113 cm³/mol. The van der Waals surface area contributed by atoms with E-state index >= 15 is 0 Å². The Morgan fingerprint density at radius 3 is 2.65 bits per heavy atom. The van der Waals surface area contributed by atoms with Crippen LogP contribution in [0.5, 0.6) is 11.6 Å². The van der Waals surface area contributed by atoms with Gasteiger partial charge in [0.15, 0.2) is 0 Å². The minimum absolute atomic E-state index is 0.194. The number of fused-ring (bicyclic) bond motifs is 1. The van der Waals surface area contributed by atoms with Crippen molar-refractivity contribution in [2.75, 3.05) is 13.2 Å². The monoisotopic (exact) mass is 443 g/mol. The van der Waals surface area contributed by atoms with E-state index in [1.54, 1.807) is 41.3 Å². The van der Waals surface area contributed by atoms with Crippen LogP contribution >= 0.6 is 0 Å². The van der Waals surface area contributed by atoms with E-state index < -0.39 is 10.0 Å². The number of benzene rings is 1.